The fraction of sp³-hybridized carbons (Fsp3) is 0.692. The Hall–Kier alpha value is -0.890. The number of hydrogen-bond acceptors (Lipinski definition) is 3. The minimum atomic E-state index is -0.495. The largest absolute Gasteiger partial charge is 5.00 e. The van der Waals surface area contributed by atoms with E-state index in [2.05, 4.69) is 20.8 Å². The van der Waals surface area contributed by atoms with Gasteiger partial charge in [0.1, 0.15) is 0 Å². The van der Waals surface area contributed by atoms with Gasteiger partial charge in [-0.2, -0.15) is 20.8 Å². The monoisotopic (exact) mass is 470 g/mol. The molecular weight excluding hydrogens is 441 g/mol. The fourth-order valence-electron chi connectivity index (χ4n) is 0. The van der Waals surface area contributed by atoms with Gasteiger partial charge in [0.05, 0.1) is 0 Å². The third-order valence-corrected chi connectivity index (χ3v) is 0.963. The van der Waals surface area contributed by atoms with E-state index >= 15 is 0 Å². The predicted molar refractivity (Wildman–Crippen MR) is 84.4 cm³/mol. The molecule has 0 atom stereocenters. The van der Waals surface area contributed by atoms with Crippen molar-refractivity contribution in [2.45, 2.75) is 60.8 Å². The fourth-order valence-corrected chi connectivity index (χ4v) is 0. The van der Waals surface area contributed by atoms with Crippen molar-refractivity contribution >= 4 is 17.7 Å². The summed E-state index contributed by atoms with van der Waals surface area (Å²) in [6, 6.07) is 0. The van der Waals surface area contributed by atoms with E-state index in [1.807, 2.05) is 0 Å². The van der Waals surface area contributed by atoms with Gasteiger partial charge in [0.15, 0.2) is 0 Å². The number of carbonyl (C=O) groups excluding carboxylic acids is 3. The van der Waals surface area contributed by atoms with Crippen LogP contribution in [0.1, 0.15) is 60.8 Å². The number of amides is 3. The van der Waals surface area contributed by atoms with Gasteiger partial charge in [0, 0.05) is 17.7 Å². The summed E-state index contributed by atoms with van der Waals surface area (Å²) < 4.78 is 0. The van der Waals surface area contributed by atoms with Crippen LogP contribution in [0.3, 0.4) is 0 Å². The number of carbonyl (C=O) groups is 3. The molecular formula is C13H29N4O3Ta. The molecule has 0 aliphatic heterocycles. The van der Waals surface area contributed by atoms with Gasteiger partial charge >= 0.3 is 22.4 Å². The Morgan fingerprint density at radius 1 is 0.714 bits per heavy atom. The molecule has 3 amide bonds. The van der Waals surface area contributed by atoms with E-state index in [-0.39, 0.29) is 28.5 Å². The molecule has 0 fully saturated rings. The third-order valence-electron chi connectivity index (χ3n) is 0.963. The smallest absolute Gasteiger partial charge is 0.693 e. The molecule has 0 heterocycles. The minimum Gasteiger partial charge on any atom is -0.693 e. The molecule has 8 heteroatoms. The van der Waals surface area contributed by atoms with Gasteiger partial charge in [-0.3, -0.25) is 0 Å². The van der Waals surface area contributed by atoms with Crippen molar-refractivity contribution in [3.63, 3.8) is 0 Å². The van der Waals surface area contributed by atoms with Crippen LogP contribution in [0.15, 0.2) is 0 Å². The molecule has 0 aromatic rings. The average Bonchev–Trinajstić information content (AvgIpc) is 2.29. The summed E-state index contributed by atoms with van der Waals surface area (Å²) in [5, 5.41) is 0. The molecule has 0 aromatic carbocycles. The summed E-state index contributed by atoms with van der Waals surface area (Å²) in [5.74, 6) is -0.0694. The van der Waals surface area contributed by atoms with Gasteiger partial charge in [-0.1, -0.05) is 20.8 Å². The molecule has 0 saturated carbocycles. The van der Waals surface area contributed by atoms with Crippen molar-refractivity contribution in [2.24, 2.45) is 0 Å². The molecule has 0 spiro atoms. The van der Waals surface area contributed by atoms with Crippen LogP contribution in [-0.2, 0) is 36.8 Å². The van der Waals surface area contributed by atoms with Gasteiger partial charge in [-0.25, -0.2) is 0 Å². The maximum Gasteiger partial charge on any atom is 5.00 e. The van der Waals surface area contributed by atoms with Crippen LogP contribution in [0.25, 0.3) is 23.4 Å². The van der Waals surface area contributed by atoms with Gasteiger partial charge in [-0.15, -0.1) is 0 Å². The second kappa shape index (κ2) is 31.5. The molecule has 0 radical (unpaired) electrons. The molecule has 0 aliphatic carbocycles. The standard InChI is InChI=1S/C4H9.3C3H7NO.H2N.Ta/c1-4(2)3;3*1-2-3(4)5;;/h1-3H3;3*2H2,1H3,(H2,4,5);1H2;/q-1;;;;-1;+5/p-3. The first kappa shape index (κ1) is 36.9. The van der Waals surface area contributed by atoms with Crippen molar-refractivity contribution in [1.82, 2.24) is 0 Å². The topological polar surface area (TPSA) is 156 Å². The molecule has 0 rings (SSSR count). The number of nitrogens with one attached hydrogen (secondary N) is 3. The van der Waals surface area contributed by atoms with Gasteiger partial charge in [-0.05, 0) is 19.3 Å². The van der Waals surface area contributed by atoms with E-state index in [1.54, 1.807) is 20.8 Å². The Bertz CT molecular complexity index is 201. The van der Waals surface area contributed by atoms with E-state index < -0.39 is 17.7 Å². The minimum absolute atomic E-state index is 0. The molecule has 0 bridgehead atoms. The Balaban J connectivity index is -0.0000000347. The first-order chi connectivity index (χ1) is 8.54. The third kappa shape index (κ3) is 214. The molecule has 0 aliphatic rings. The van der Waals surface area contributed by atoms with Crippen LogP contribution >= 0.6 is 0 Å². The number of hydrogen-bond donors (Lipinski definition) is 0. The van der Waals surface area contributed by atoms with Crippen molar-refractivity contribution in [2.75, 3.05) is 0 Å². The normalized spacial score (nSPS) is 7.00. The van der Waals surface area contributed by atoms with Crippen LogP contribution in [0.2, 0.25) is 0 Å². The first-order valence-electron chi connectivity index (χ1n) is 6.04. The van der Waals surface area contributed by atoms with Gasteiger partial charge < -0.3 is 43.7 Å². The Morgan fingerprint density at radius 3 is 0.762 bits per heavy atom. The predicted octanol–water partition coefficient (Wildman–Crippen LogP) is 5.26. The summed E-state index contributed by atoms with van der Waals surface area (Å²) in [4.78, 5) is 28.4. The van der Waals surface area contributed by atoms with Crippen LogP contribution in [-0.4, -0.2) is 17.7 Å². The number of nitrogens with two attached hydrogens (primary N) is 1. The molecule has 0 aromatic heterocycles. The van der Waals surface area contributed by atoms with E-state index in [0.717, 1.165) is 0 Å². The van der Waals surface area contributed by atoms with Crippen LogP contribution in [0, 0.1) is 5.92 Å². The molecule has 5 N–H and O–H groups in total. The van der Waals surface area contributed by atoms with Crippen molar-refractivity contribution < 1.29 is 36.8 Å². The summed E-state index contributed by atoms with van der Waals surface area (Å²) in [6.07, 6.45) is 1.000. The van der Waals surface area contributed by atoms with Crippen molar-refractivity contribution in [3.05, 3.63) is 29.3 Å². The second-order valence-corrected chi connectivity index (χ2v) is 3.83. The van der Waals surface area contributed by atoms with E-state index in [0.29, 0.717) is 19.3 Å². The summed E-state index contributed by atoms with van der Waals surface area (Å²) >= 11 is 0. The Labute approximate surface area is 144 Å². The number of rotatable bonds is 3. The SMILES string of the molecule is CCC([NH-])=O.CCC([NH-])=O.CCC([NH-])=O.C[C-](C)C.[NH2-].[Ta+5]. The Kier molecular flexibility index (Phi) is 55.3. The zero-order chi connectivity index (χ0) is 16.4. The van der Waals surface area contributed by atoms with Crippen molar-refractivity contribution in [1.29, 1.82) is 0 Å². The average molecular weight is 470 g/mol. The van der Waals surface area contributed by atoms with E-state index in [9.17, 15) is 14.4 Å². The maximum atomic E-state index is 9.48. The first-order valence-corrected chi connectivity index (χ1v) is 6.04. The van der Waals surface area contributed by atoms with Crippen LogP contribution in [0.5, 0.6) is 0 Å². The maximum absolute atomic E-state index is 9.48. The summed E-state index contributed by atoms with van der Waals surface area (Å²) in [5.41, 5.74) is 18.6. The molecule has 0 unspecified atom stereocenters. The Morgan fingerprint density at radius 2 is 0.762 bits per heavy atom. The van der Waals surface area contributed by atoms with E-state index in [1.165, 1.54) is 5.92 Å². The molecule has 7 nitrogen and oxygen atoms in total. The van der Waals surface area contributed by atoms with Crippen molar-refractivity contribution in [3.8, 4) is 0 Å². The van der Waals surface area contributed by atoms with Crippen LogP contribution in [0.4, 0.5) is 0 Å². The molecule has 0 saturated heterocycles. The summed E-state index contributed by atoms with van der Waals surface area (Å²) in [7, 11) is 0. The molecule has 124 valence electrons. The van der Waals surface area contributed by atoms with Gasteiger partial charge in [0.25, 0.3) is 0 Å². The van der Waals surface area contributed by atoms with Crippen LogP contribution < -0.4 is 0 Å². The quantitative estimate of drug-likeness (QED) is 0.516. The zero-order valence-corrected chi connectivity index (χ0v) is 17.1. The second-order valence-electron chi connectivity index (χ2n) is 3.83. The summed E-state index contributed by atoms with van der Waals surface area (Å²) in [6.45, 7) is 11.2. The molecule has 21 heavy (non-hydrogen) atoms. The van der Waals surface area contributed by atoms with E-state index in [4.69, 9.17) is 17.2 Å². The zero-order valence-electron chi connectivity index (χ0n) is 13.9. The van der Waals surface area contributed by atoms with Gasteiger partial charge in [0.2, 0.25) is 0 Å².